The SMILES string of the molecule is Cc1cc(C)cc(C(=O)OC(C)c2ccccc2[N+](=O)[O-])c1. The lowest BCUT2D eigenvalue weighted by Gasteiger charge is -2.14. The summed E-state index contributed by atoms with van der Waals surface area (Å²) in [6.07, 6.45) is -0.699. The third-order valence-corrected chi connectivity index (χ3v) is 3.31. The minimum absolute atomic E-state index is 0.0526. The number of benzene rings is 2. The lowest BCUT2D eigenvalue weighted by molar-refractivity contribution is -0.386. The number of hydrogen-bond donors (Lipinski definition) is 0. The maximum Gasteiger partial charge on any atom is 0.338 e. The zero-order valence-corrected chi connectivity index (χ0v) is 12.7. The van der Waals surface area contributed by atoms with E-state index in [1.807, 2.05) is 19.9 Å². The van der Waals surface area contributed by atoms with Crippen molar-refractivity contribution in [3.05, 3.63) is 74.8 Å². The molecule has 0 amide bonds. The number of aryl methyl sites for hydroxylation is 2. The van der Waals surface area contributed by atoms with Crippen LogP contribution in [-0.2, 0) is 4.74 Å². The highest BCUT2D eigenvalue weighted by atomic mass is 16.6. The van der Waals surface area contributed by atoms with Crippen molar-refractivity contribution in [2.45, 2.75) is 26.9 Å². The third-order valence-electron chi connectivity index (χ3n) is 3.31. The highest BCUT2D eigenvalue weighted by Gasteiger charge is 2.21. The van der Waals surface area contributed by atoms with Crippen molar-refractivity contribution < 1.29 is 14.5 Å². The number of para-hydroxylation sites is 1. The van der Waals surface area contributed by atoms with Gasteiger partial charge in [0, 0.05) is 6.07 Å². The van der Waals surface area contributed by atoms with Crippen LogP contribution in [0.4, 0.5) is 5.69 Å². The Kier molecular flexibility index (Phi) is 4.56. The number of nitro groups is 1. The van der Waals surface area contributed by atoms with E-state index < -0.39 is 17.0 Å². The second-order valence-electron chi connectivity index (χ2n) is 5.24. The van der Waals surface area contributed by atoms with Gasteiger partial charge < -0.3 is 4.74 Å². The van der Waals surface area contributed by atoms with E-state index in [-0.39, 0.29) is 5.69 Å². The molecule has 5 heteroatoms. The predicted molar refractivity (Wildman–Crippen MR) is 82.8 cm³/mol. The molecule has 0 bridgehead atoms. The number of carbonyl (C=O) groups is 1. The molecule has 0 heterocycles. The molecule has 2 rings (SSSR count). The molecule has 0 aliphatic carbocycles. The Morgan fingerprint density at radius 2 is 1.73 bits per heavy atom. The van der Waals surface area contributed by atoms with Crippen molar-refractivity contribution in [3.63, 3.8) is 0 Å². The minimum Gasteiger partial charge on any atom is -0.454 e. The summed E-state index contributed by atoms with van der Waals surface area (Å²) in [5.41, 5.74) is 2.70. The first-order chi connectivity index (χ1) is 10.4. The summed E-state index contributed by atoms with van der Waals surface area (Å²) in [4.78, 5) is 22.8. The van der Waals surface area contributed by atoms with E-state index in [4.69, 9.17) is 4.74 Å². The van der Waals surface area contributed by atoms with E-state index in [9.17, 15) is 14.9 Å². The van der Waals surface area contributed by atoms with Gasteiger partial charge in [-0.3, -0.25) is 10.1 Å². The van der Waals surface area contributed by atoms with Crippen LogP contribution in [0.2, 0.25) is 0 Å². The molecule has 1 unspecified atom stereocenters. The Bertz CT molecular complexity index is 704. The summed E-state index contributed by atoms with van der Waals surface area (Å²) in [5, 5.41) is 11.0. The standard InChI is InChI=1S/C17H17NO4/c1-11-8-12(2)10-14(9-11)17(19)22-13(3)15-6-4-5-7-16(15)18(20)21/h4-10,13H,1-3H3. The van der Waals surface area contributed by atoms with Gasteiger partial charge in [0.2, 0.25) is 0 Å². The summed E-state index contributed by atoms with van der Waals surface area (Å²) in [6.45, 7) is 5.42. The maximum atomic E-state index is 12.2. The quantitative estimate of drug-likeness (QED) is 0.483. The summed E-state index contributed by atoms with van der Waals surface area (Å²) in [5.74, 6) is -0.488. The molecule has 0 N–H and O–H groups in total. The van der Waals surface area contributed by atoms with Gasteiger partial charge in [-0.25, -0.2) is 4.79 Å². The smallest absolute Gasteiger partial charge is 0.338 e. The fourth-order valence-corrected chi connectivity index (χ4v) is 2.38. The molecule has 0 spiro atoms. The molecular weight excluding hydrogens is 282 g/mol. The van der Waals surface area contributed by atoms with E-state index in [1.165, 1.54) is 6.07 Å². The van der Waals surface area contributed by atoms with E-state index in [1.54, 1.807) is 37.3 Å². The van der Waals surface area contributed by atoms with Gasteiger partial charge >= 0.3 is 5.97 Å². The molecule has 0 aliphatic rings. The number of ether oxygens (including phenoxy) is 1. The van der Waals surface area contributed by atoms with Crippen molar-refractivity contribution in [2.24, 2.45) is 0 Å². The molecule has 0 fully saturated rings. The Labute approximate surface area is 128 Å². The first kappa shape index (κ1) is 15.7. The van der Waals surface area contributed by atoms with Crippen molar-refractivity contribution in [1.29, 1.82) is 0 Å². The van der Waals surface area contributed by atoms with Crippen LogP contribution in [-0.4, -0.2) is 10.9 Å². The van der Waals surface area contributed by atoms with Crippen LogP contribution in [0.5, 0.6) is 0 Å². The van der Waals surface area contributed by atoms with Crippen LogP contribution in [0.15, 0.2) is 42.5 Å². The fourth-order valence-electron chi connectivity index (χ4n) is 2.38. The number of carbonyl (C=O) groups excluding carboxylic acids is 1. The molecule has 0 saturated carbocycles. The molecule has 114 valence electrons. The number of esters is 1. The van der Waals surface area contributed by atoms with Crippen LogP contribution in [0, 0.1) is 24.0 Å². The monoisotopic (exact) mass is 299 g/mol. The van der Waals surface area contributed by atoms with Gasteiger partial charge in [-0.15, -0.1) is 0 Å². The van der Waals surface area contributed by atoms with Crippen LogP contribution in [0.3, 0.4) is 0 Å². The molecular formula is C17H17NO4. The third kappa shape index (κ3) is 3.49. The molecule has 0 radical (unpaired) electrons. The maximum absolute atomic E-state index is 12.2. The molecule has 0 aromatic heterocycles. The Morgan fingerprint density at radius 3 is 2.32 bits per heavy atom. The van der Waals surface area contributed by atoms with E-state index in [2.05, 4.69) is 0 Å². The van der Waals surface area contributed by atoms with E-state index in [0.717, 1.165) is 11.1 Å². The predicted octanol–water partition coefficient (Wildman–Crippen LogP) is 4.13. The van der Waals surface area contributed by atoms with Crippen LogP contribution >= 0.6 is 0 Å². The lowest BCUT2D eigenvalue weighted by atomic mass is 10.1. The zero-order chi connectivity index (χ0) is 16.3. The summed E-state index contributed by atoms with van der Waals surface area (Å²) in [6, 6.07) is 11.7. The average molecular weight is 299 g/mol. The average Bonchev–Trinajstić information content (AvgIpc) is 2.46. The number of hydrogen-bond acceptors (Lipinski definition) is 4. The van der Waals surface area contributed by atoms with Gasteiger partial charge in [-0.05, 0) is 39.0 Å². The summed E-state index contributed by atoms with van der Waals surface area (Å²) in [7, 11) is 0. The Hall–Kier alpha value is -2.69. The summed E-state index contributed by atoms with van der Waals surface area (Å²) < 4.78 is 5.38. The zero-order valence-electron chi connectivity index (χ0n) is 12.7. The fraction of sp³-hybridized carbons (Fsp3) is 0.235. The number of nitro benzene ring substituents is 1. The van der Waals surface area contributed by atoms with Gasteiger partial charge in [-0.1, -0.05) is 29.3 Å². The second kappa shape index (κ2) is 6.39. The molecule has 1 atom stereocenters. The van der Waals surface area contributed by atoms with Crippen molar-refractivity contribution in [2.75, 3.05) is 0 Å². The van der Waals surface area contributed by atoms with Crippen molar-refractivity contribution in [1.82, 2.24) is 0 Å². The summed E-state index contributed by atoms with van der Waals surface area (Å²) >= 11 is 0. The first-order valence-corrected chi connectivity index (χ1v) is 6.91. The molecule has 5 nitrogen and oxygen atoms in total. The van der Waals surface area contributed by atoms with Crippen molar-refractivity contribution in [3.8, 4) is 0 Å². The molecule has 0 saturated heterocycles. The van der Waals surface area contributed by atoms with Gasteiger partial charge in [0.1, 0.15) is 6.10 Å². The first-order valence-electron chi connectivity index (χ1n) is 6.91. The highest BCUT2D eigenvalue weighted by Crippen LogP contribution is 2.27. The largest absolute Gasteiger partial charge is 0.454 e. The molecule has 22 heavy (non-hydrogen) atoms. The normalized spacial score (nSPS) is 11.8. The highest BCUT2D eigenvalue weighted by molar-refractivity contribution is 5.90. The number of nitrogens with zero attached hydrogens (tertiary/aromatic N) is 1. The topological polar surface area (TPSA) is 69.4 Å². The van der Waals surface area contributed by atoms with Crippen molar-refractivity contribution >= 4 is 11.7 Å². The van der Waals surface area contributed by atoms with Gasteiger partial charge in [0.05, 0.1) is 16.1 Å². The van der Waals surface area contributed by atoms with Crippen LogP contribution < -0.4 is 0 Å². The lowest BCUT2D eigenvalue weighted by Crippen LogP contribution is -2.11. The van der Waals surface area contributed by atoms with Gasteiger partial charge in [0.15, 0.2) is 0 Å². The van der Waals surface area contributed by atoms with E-state index >= 15 is 0 Å². The second-order valence-corrected chi connectivity index (χ2v) is 5.24. The Morgan fingerprint density at radius 1 is 1.14 bits per heavy atom. The van der Waals surface area contributed by atoms with Crippen LogP contribution in [0.25, 0.3) is 0 Å². The van der Waals surface area contributed by atoms with Crippen LogP contribution in [0.1, 0.15) is 40.1 Å². The van der Waals surface area contributed by atoms with Gasteiger partial charge in [-0.2, -0.15) is 0 Å². The minimum atomic E-state index is -0.699. The molecule has 2 aromatic carbocycles. The molecule has 2 aromatic rings. The van der Waals surface area contributed by atoms with E-state index in [0.29, 0.717) is 11.1 Å². The molecule has 0 aliphatic heterocycles. The Balaban J connectivity index is 2.23. The number of rotatable bonds is 4. The van der Waals surface area contributed by atoms with Gasteiger partial charge in [0.25, 0.3) is 5.69 Å².